The molecule has 1 aromatic carbocycles. The van der Waals surface area contributed by atoms with E-state index in [0.717, 1.165) is 13.8 Å². The van der Waals surface area contributed by atoms with Crippen molar-refractivity contribution < 1.29 is 13.2 Å². The lowest BCUT2D eigenvalue weighted by Gasteiger charge is -2.07. The highest BCUT2D eigenvalue weighted by atomic mass is 127. The maximum absolute atomic E-state index is 12.5. The van der Waals surface area contributed by atoms with Gasteiger partial charge in [-0.1, -0.05) is 0 Å². The van der Waals surface area contributed by atoms with Crippen LogP contribution in [0.1, 0.15) is 11.3 Å². The first-order valence-corrected chi connectivity index (χ1v) is 6.03. The van der Waals surface area contributed by atoms with E-state index in [1.54, 1.807) is 25.1 Å². The summed E-state index contributed by atoms with van der Waals surface area (Å²) in [7, 11) is 0. The van der Waals surface area contributed by atoms with E-state index < -0.39 is 17.4 Å². The second-order valence-corrected chi connectivity index (χ2v) is 5.02. The molecule has 2 aromatic rings. The molecule has 7 heteroatoms. The lowest BCUT2D eigenvalue weighted by molar-refractivity contribution is -0.141. The minimum Gasteiger partial charge on any atom is -0.286 e. The minimum atomic E-state index is -4.55. The third kappa shape index (κ3) is 2.45. The first-order valence-electron chi connectivity index (χ1n) is 4.95. The molecule has 0 saturated carbocycles. The monoisotopic (exact) mass is 368 g/mol. The fraction of sp³-hybridized carbons (Fsp3) is 0.182. The van der Waals surface area contributed by atoms with Crippen molar-refractivity contribution in [2.45, 2.75) is 13.1 Å². The standard InChI is InChI=1S/C11H8F3IN2O/c1-6-4-7(15)2-3-8(6)17-10(18)5-9(16-17)11(12,13)14/h2-5,16H,1H3. The van der Waals surface area contributed by atoms with Crippen molar-refractivity contribution in [1.82, 2.24) is 9.78 Å². The van der Waals surface area contributed by atoms with E-state index in [-0.39, 0.29) is 0 Å². The molecule has 3 nitrogen and oxygen atoms in total. The quantitative estimate of drug-likeness (QED) is 0.772. The maximum Gasteiger partial charge on any atom is 0.432 e. The number of nitrogens with zero attached hydrogens (tertiary/aromatic N) is 1. The summed E-state index contributed by atoms with van der Waals surface area (Å²) in [5, 5.41) is 2.07. The van der Waals surface area contributed by atoms with Crippen molar-refractivity contribution in [2.75, 3.05) is 0 Å². The Bertz CT molecular complexity index is 642. The van der Waals surface area contributed by atoms with E-state index in [0.29, 0.717) is 11.8 Å². The summed E-state index contributed by atoms with van der Waals surface area (Å²) >= 11 is 2.09. The average Bonchev–Trinajstić information content (AvgIpc) is 2.60. The predicted molar refractivity (Wildman–Crippen MR) is 68.8 cm³/mol. The second-order valence-electron chi connectivity index (χ2n) is 3.77. The van der Waals surface area contributed by atoms with Gasteiger partial charge in [0, 0.05) is 9.64 Å². The molecule has 18 heavy (non-hydrogen) atoms. The Balaban J connectivity index is 2.58. The van der Waals surface area contributed by atoms with Crippen LogP contribution in [0.15, 0.2) is 29.1 Å². The van der Waals surface area contributed by atoms with Crippen LogP contribution in [0.4, 0.5) is 13.2 Å². The number of alkyl halides is 3. The summed E-state index contributed by atoms with van der Waals surface area (Å²) in [5.41, 5.74) is -0.646. The Labute approximate surface area is 114 Å². The molecule has 0 amide bonds. The van der Waals surface area contributed by atoms with Gasteiger partial charge in [0.25, 0.3) is 5.56 Å². The van der Waals surface area contributed by atoms with Gasteiger partial charge in [-0.05, 0) is 53.3 Å². The normalized spacial score (nSPS) is 11.8. The molecule has 1 N–H and O–H groups in total. The predicted octanol–water partition coefficient (Wildman–Crippen LogP) is 3.10. The van der Waals surface area contributed by atoms with Gasteiger partial charge in [0.15, 0.2) is 0 Å². The number of halogens is 4. The number of aromatic nitrogens is 2. The van der Waals surface area contributed by atoms with Gasteiger partial charge in [0.2, 0.25) is 0 Å². The van der Waals surface area contributed by atoms with Crippen LogP contribution < -0.4 is 5.56 Å². The van der Waals surface area contributed by atoms with E-state index in [1.807, 2.05) is 0 Å². The van der Waals surface area contributed by atoms with Crippen LogP contribution in [-0.2, 0) is 6.18 Å². The van der Waals surface area contributed by atoms with Crippen LogP contribution in [0.3, 0.4) is 0 Å². The Kier molecular flexibility index (Phi) is 3.26. The van der Waals surface area contributed by atoms with Crippen molar-refractivity contribution in [1.29, 1.82) is 0 Å². The molecule has 0 radical (unpaired) electrons. The molecule has 2 rings (SSSR count). The Morgan fingerprint density at radius 3 is 2.44 bits per heavy atom. The van der Waals surface area contributed by atoms with Gasteiger partial charge < -0.3 is 0 Å². The van der Waals surface area contributed by atoms with Gasteiger partial charge in [-0.15, -0.1) is 0 Å². The van der Waals surface area contributed by atoms with Crippen LogP contribution in [0.2, 0.25) is 0 Å². The number of hydrogen-bond donors (Lipinski definition) is 1. The fourth-order valence-corrected chi connectivity index (χ4v) is 2.24. The zero-order valence-electron chi connectivity index (χ0n) is 9.18. The number of nitrogens with one attached hydrogen (secondary N) is 1. The minimum absolute atomic E-state index is 0.413. The lowest BCUT2D eigenvalue weighted by Crippen LogP contribution is -2.14. The first-order chi connectivity index (χ1) is 8.29. The summed E-state index contributed by atoms with van der Waals surface area (Å²) in [6, 6.07) is 5.67. The summed E-state index contributed by atoms with van der Waals surface area (Å²) < 4.78 is 39.3. The third-order valence-corrected chi connectivity index (χ3v) is 3.10. The summed E-state index contributed by atoms with van der Waals surface area (Å²) in [4.78, 5) is 11.6. The van der Waals surface area contributed by atoms with Crippen LogP contribution in [-0.4, -0.2) is 9.78 Å². The molecule has 0 aliphatic carbocycles. The molecular formula is C11H8F3IN2O. The van der Waals surface area contributed by atoms with Crippen LogP contribution in [0.5, 0.6) is 0 Å². The molecule has 0 fully saturated rings. The number of aromatic amines is 1. The molecule has 0 unspecified atom stereocenters. The highest BCUT2D eigenvalue weighted by Crippen LogP contribution is 2.27. The molecule has 0 aliphatic heterocycles. The highest BCUT2D eigenvalue weighted by Gasteiger charge is 2.33. The van der Waals surface area contributed by atoms with E-state index in [4.69, 9.17) is 0 Å². The van der Waals surface area contributed by atoms with Gasteiger partial charge in [0.1, 0.15) is 5.69 Å². The van der Waals surface area contributed by atoms with E-state index in [2.05, 4.69) is 27.7 Å². The molecule has 1 aromatic heterocycles. The third-order valence-electron chi connectivity index (χ3n) is 2.43. The number of aryl methyl sites for hydroxylation is 1. The second kappa shape index (κ2) is 4.45. The van der Waals surface area contributed by atoms with Crippen LogP contribution in [0.25, 0.3) is 5.69 Å². The smallest absolute Gasteiger partial charge is 0.286 e. The summed E-state index contributed by atoms with van der Waals surface area (Å²) in [5.74, 6) is 0. The fourth-order valence-electron chi connectivity index (χ4n) is 1.59. The lowest BCUT2D eigenvalue weighted by atomic mass is 10.2. The van der Waals surface area contributed by atoms with E-state index >= 15 is 0 Å². The van der Waals surface area contributed by atoms with Crippen molar-refractivity contribution in [3.63, 3.8) is 0 Å². The Morgan fingerprint density at radius 1 is 1.28 bits per heavy atom. The topological polar surface area (TPSA) is 37.8 Å². The number of rotatable bonds is 1. The van der Waals surface area contributed by atoms with Gasteiger partial charge in [-0.25, -0.2) is 4.68 Å². The van der Waals surface area contributed by atoms with Gasteiger partial charge in [-0.2, -0.15) is 13.2 Å². The first kappa shape index (κ1) is 13.2. The number of H-pyrrole nitrogens is 1. The van der Waals surface area contributed by atoms with E-state index in [9.17, 15) is 18.0 Å². The van der Waals surface area contributed by atoms with Crippen LogP contribution >= 0.6 is 22.6 Å². The van der Waals surface area contributed by atoms with Crippen molar-refractivity contribution in [3.05, 3.63) is 49.4 Å². The molecule has 1 heterocycles. The van der Waals surface area contributed by atoms with Gasteiger partial charge >= 0.3 is 6.18 Å². The molecular weight excluding hydrogens is 360 g/mol. The molecule has 0 saturated heterocycles. The SMILES string of the molecule is Cc1cc(I)ccc1-n1[nH]c(C(F)(F)F)cc1=O. The van der Waals surface area contributed by atoms with Crippen molar-refractivity contribution in [3.8, 4) is 5.69 Å². The summed E-state index contributed by atoms with van der Waals surface area (Å²) in [6.07, 6.45) is -4.55. The van der Waals surface area contributed by atoms with Gasteiger partial charge in [0.05, 0.1) is 5.69 Å². The summed E-state index contributed by atoms with van der Waals surface area (Å²) in [6.45, 7) is 1.73. The molecule has 96 valence electrons. The number of benzene rings is 1. The molecule has 0 spiro atoms. The zero-order valence-corrected chi connectivity index (χ0v) is 11.3. The van der Waals surface area contributed by atoms with Crippen molar-refractivity contribution in [2.24, 2.45) is 0 Å². The highest BCUT2D eigenvalue weighted by molar-refractivity contribution is 14.1. The zero-order chi connectivity index (χ0) is 13.5. The maximum atomic E-state index is 12.5. The van der Waals surface area contributed by atoms with Gasteiger partial charge in [-0.3, -0.25) is 9.89 Å². The van der Waals surface area contributed by atoms with Crippen molar-refractivity contribution >= 4 is 22.6 Å². The molecule has 0 atom stereocenters. The molecule has 0 aliphatic rings. The number of hydrogen-bond acceptors (Lipinski definition) is 1. The average molecular weight is 368 g/mol. The Morgan fingerprint density at radius 2 is 1.94 bits per heavy atom. The largest absolute Gasteiger partial charge is 0.432 e. The Hall–Kier alpha value is -1.25. The van der Waals surface area contributed by atoms with E-state index in [1.165, 1.54) is 0 Å². The molecule has 0 bridgehead atoms. The van der Waals surface area contributed by atoms with Crippen LogP contribution in [0, 0.1) is 10.5 Å².